The van der Waals surface area contributed by atoms with Crippen LogP contribution in [0.5, 0.6) is 0 Å². The van der Waals surface area contributed by atoms with Crippen LogP contribution in [0.15, 0.2) is 48.5 Å². The topological polar surface area (TPSA) is 49.4 Å². The molecule has 0 aliphatic heterocycles. The highest BCUT2D eigenvalue weighted by atomic mass is 35.5. The highest BCUT2D eigenvalue weighted by Gasteiger charge is 2.31. The highest BCUT2D eigenvalue weighted by molar-refractivity contribution is 7.99. The van der Waals surface area contributed by atoms with Gasteiger partial charge in [-0.1, -0.05) is 85.8 Å². The van der Waals surface area contributed by atoms with Crippen molar-refractivity contribution >= 4 is 46.8 Å². The van der Waals surface area contributed by atoms with Gasteiger partial charge in [0.25, 0.3) is 0 Å². The molecule has 1 unspecified atom stereocenters. The molecular formula is C26H32Cl2N2O2S. The highest BCUT2D eigenvalue weighted by Crippen LogP contribution is 2.28. The summed E-state index contributed by atoms with van der Waals surface area (Å²) in [5, 5.41) is 4.20. The monoisotopic (exact) mass is 506 g/mol. The lowest BCUT2D eigenvalue weighted by atomic mass is 9.95. The summed E-state index contributed by atoms with van der Waals surface area (Å²) in [6.45, 7) is 2.15. The van der Waals surface area contributed by atoms with Gasteiger partial charge >= 0.3 is 0 Å². The lowest BCUT2D eigenvalue weighted by molar-refractivity contribution is -0.139. The Kier molecular flexibility index (Phi) is 10.4. The summed E-state index contributed by atoms with van der Waals surface area (Å²) in [4.78, 5) is 28.3. The number of carbonyl (C=O) groups excluding carboxylic acids is 2. The molecule has 0 aromatic heterocycles. The van der Waals surface area contributed by atoms with E-state index in [1.165, 1.54) is 6.42 Å². The van der Waals surface area contributed by atoms with Crippen LogP contribution in [0.25, 0.3) is 0 Å². The quantitative estimate of drug-likeness (QED) is 0.400. The van der Waals surface area contributed by atoms with Crippen molar-refractivity contribution < 1.29 is 9.59 Å². The molecule has 1 aliphatic rings. The van der Waals surface area contributed by atoms with E-state index in [2.05, 4.69) is 5.32 Å². The van der Waals surface area contributed by atoms with Gasteiger partial charge in [-0.05, 0) is 37.0 Å². The number of nitrogens with one attached hydrogen (secondary N) is 1. The second kappa shape index (κ2) is 13.3. The van der Waals surface area contributed by atoms with E-state index >= 15 is 0 Å². The number of benzene rings is 2. The molecule has 33 heavy (non-hydrogen) atoms. The van der Waals surface area contributed by atoms with Gasteiger partial charge in [0.2, 0.25) is 11.8 Å². The number of nitrogens with zero attached hydrogens (tertiary/aromatic N) is 1. The molecule has 0 radical (unpaired) electrons. The third-order valence-corrected chi connectivity index (χ3v) is 7.76. The molecule has 2 aromatic rings. The first kappa shape index (κ1) is 25.9. The lowest BCUT2D eigenvalue weighted by Gasteiger charge is -2.33. The third kappa shape index (κ3) is 7.66. The van der Waals surface area contributed by atoms with Crippen LogP contribution in [-0.2, 0) is 21.9 Å². The van der Waals surface area contributed by atoms with Crippen molar-refractivity contribution in [3.05, 3.63) is 69.7 Å². The summed E-state index contributed by atoms with van der Waals surface area (Å²) in [5.41, 5.74) is 1.84. The SMILES string of the molecule is CCC(C(=O)NC1CCCCC1)N(Cc1c(Cl)cccc1Cl)C(=O)CSCc1ccccc1. The van der Waals surface area contributed by atoms with E-state index in [9.17, 15) is 9.59 Å². The number of halogens is 2. The number of thioether (sulfide) groups is 1. The first-order valence-corrected chi connectivity index (χ1v) is 13.5. The molecule has 2 aromatic carbocycles. The van der Waals surface area contributed by atoms with Crippen LogP contribution in [0, 0.1) is 0 Å². The van der Waals surface area contributed by atoms with E-state index in [1.807, 2.05) is 37.3 Å². The normalized spacial score (nSPS) is 15.1. The summed E-state index contributed by atoms with van der Waals surface area (Å²) < 4.78 is 0. The summed E-state index contributed by atoms with van der Waals surface area (Å²) in [5.74, 6) is 0.842. The van der Waals surface area contributed by atoms with Crippen molar-refractivity contribution in [3.8, 4) is 0 Å². The molecule has 0 bridgehead atoms. The van der Waals surface area contributed by atoms with E-state index in [0.717, 1.165) is 37.0 Å². The number of amides is 2. The van der Waals surface area contributed by atoms with Gasteiger partial charge < -0.3 is 10.2 Å². The molecule has 178 valence electrons. The third-order valence-electron chi connectivity index (χ3n) is 6.06. The van der Waals surface area contributed by atoms with Crippen LogP contribution in [0.4, 0.5) is 0 Å². The Morgan fingerprint density at radius 3 is 2.33 bits per heavy atom. The van der Waals surface area contributed by atoms with Crippen molar-refractivity contribution in [1.29, 1.82) is 0 Å². The number of hydrogen-bond acceptors (Lipinski definition) is 3. The predicted molar refractivity (Wildman–Crippen MR) is 139 cm³/mol. The van der Waals surface area contributed by atoms with Gasteiger partial charge in [-0.25, -0.2) is 0 Å². The van der Waals surface area contributed by atoms with E-state index in [-0.39, 0.29) is 30.2 Å². The summed E-state index contributed by atoms with van der Waals surface area (Å²) >= 11 is 14.4. The van der Waals surface area contributed by atoms with Crippen LogP contribution < -0.4 is 5.32 Å². The zero-order chi connectivity index (χ0) is 23.6. The maximum Gasteiger partial charge on any atom is 0.243 e. The summed E-state index contributed by atoms with van der Waals surface area (Å²) in [6.07, 6.45) is 6.01. The molecule has 1 atom stereocenters. The van der Waals surface area contributed by atoms with Crippen LogP contribution in [0.2, 0.25) is 10.0 Å². The van der Waals surface area contributed by atoms with Crippen molar-refractivity contribution in [2.75, 3.05) is 5.75 Å². The number of rotatable bonds is 10. The lowest BCUT2D eigenvalue weighted by Crippen LogP contribution is -2.52. The molecule has 1 N–H and O–H groups in total. The summed E-state index contributed by atoms with van der Waals surface area (Å²) in [6, 6.07) is 15.0. The number of hydrogen-bond donors (Lipinski definition) is 1. The molecule has 0 saturated heterocycles. The Hall–Kier alpha value is -1.69. The van der Waals surface area contributed by atoms with Crippen molar-refractivity contribution in [2.24, 2.45) is 0 Å². The molecule has 0 heterocycles. The second-order valence-corrected chi connectivity index (χ2v) is 10.3. The Morgan fingerprint density at radius 1 is 1.03 bits per heavy atom. The van der Waals surface area contributed by atoms with E-state index in [0.29, 0.717) is 22.0 Å². The Balaban J connectivity index is 1.75. The van der Waals surface area contributed by atoms with Crippen LogP contribution >= 0.6 is 35.0 Å². The molecule has 1 saturated carbocycles. The Bertz CT molecular complexity index is 900. The molecule has 1 aliphatic carbocycles. The summed E-state index contributed by atoms with van der Waals surface area (Å²) in [7, 11) is 0. The van der Waals surface area contributed by atoms with Crippen molar-refractivity contribution in [3.63, 3.8) is 0 Å². The van der Waals surface area contributed by atoms with E-state index in [1.54, 1.807) is 34.9 Å². The molecule has 4 nitrogen and oxygen atoms in total. The first-order chi connectivity index (χ1) is 16.0. The van der Waals surface area contributed by atoms with Crippen molar-refractivity contribution in [1.82, 2.24) is 10.2 Å². The standard InChI is InChI=1S/C26H32Cl2N2O2S/c1-2-24(26(32)29-20-12-7-4-8-13-20)30(16-21-22(27)14-9-15-23(21)28)25(31)18-33-17-19-10-5-3-6-11-19/h3,5-6,9-11,14-15,20,24H,2,4,7-8,12-13,16-18H2,1H3,(H,29,32). The fourth-order valence-electron chi connectivity index (χ4n) is 4.23. The van der Waals surface area contributed by atoms with Gasteiger partial charge in [-0.15, -0.1) is 11.8 Å². The largest absolute Gasteiger partial charge is 0.352 e. The van der Waals surface area contributed by atoms with Gasteiger partial charge in [0, 0.05) is 33.9 Å². The van der Waals surface area contributed by atoms with Gasteiger partial charge in [-0.2, -0.15) is 0 Å². The molecule has 3 rings (SSSR count). The average molecular weight is 508 g/mol. The van der Waals surface area contributed by atoms with E-state index in [4.69, 9.17) is 23.2 Å². The Labute approximate surface area is 211 Å². The average Bonchev–Trinajstić information content (AvgIpc) is 2.82. The zero-order valence-electron chi connectivity index (χ0n) is 19.1. The van der Waals surface area contributed by atoms with E-state index < -0.39 is 6.04 Å². The molecular weight excluding hydrogens is 475 g/mol. The fourth-order valence-corrected chi connectivity index (χ4v) is 5.62. The van der Waals surface area contributed by atoms with Gasteiger partial charge in [0.1, 0.15) is 6.04 Å². The van der Waals surface area contributed by atoms with Crippen molar-refractivity contribution in [2.45, 2.75) is 69.8 Å². The fraction of sp³-hybridized carbons (Fsp3) is 0.462. The molecule has 1 fully saturated rings. The smallest absolute Gasteiger partial charge is 0.243 e. The minimum absolute atomic E-state index is 0.0856. The van der Waals surface area contributed by atoms with Crippen LogP contribution in [0.1, 0.15) is 56.6 Å². The van der Waals surface area contributed by atoms with Gasteiger partial charge in [0.15, 0.2) is 0 Å². The predicted octanol–water partition coefficient (Wildman–Crippen LogP) is 6.48. The zero-order valence-corrected chi connectivity index (χ0v) is 21.4. The first-order valence-electron chi connectivity index (χ1n) is 11.6. The minimum atomic E-state index is -0.566. The van der Waals surface area contributed by atoms with Gasteiger partial charge in [-0.3, -0.25) is 9.59 Å². The number of carbonyl (C=O) groups is 2. The van der Waals surface area contributed by atoms with Crippen LogP contribution in [-0.4, -0.2) is 34.6 Å². The second-order valence-electron chi connectivity index (χ2n) is 8.47. The minimum Gasteiger partial charge on any atom is -0.352 e. The molecule has 2 amide bonds. The van der Waals surface area contributed by atoms with Gasteiger partial charge in [0.05, 0.1) is 5.75 Å². The van der Waals surface area contributed by atoms with Crippen LogP contribution in [0.3, 0.4) is 0 Å². The Morgan fingerprint density at radius 2 is 1.70 bits per heavy atom. The molecule has 0 spiro atoms. The maximum atomic E-state index is 13.4. The maximum absolute atomic E-state index is 13.4. The molecule has 7 heteroatoms.